The van der Waals surface area contributed by atoms with Gasteiger partial charge in [0.15, 0.2) is 5.78 Å². The fourth-order valence-corrected chi connectivity index (χ4v) is 2.85. The molecular formula is C13H18O4. The molecule has 0 bridgehead atoms. The van der Waals surface area contributed by atoms with Crippen LogP contribution in [0.3, 0.4) is 0 Å². The van der Waals surface area contributed by atoms with Gasteiger partial charge >= 0.3 is 5.97 Å². The maximum Gasteiger partial charge on any atom is 0.309 e. The van der Waals surface area contributed by atoms with Crippen LogP contribution in [0.25, 0.3) is 0 Å². The fourth-order valence-electron chi connectivity index (χ4n) is 2.85. The fraction of sp³-hybridized carbons (Fsp3) is 0.692. The maximum absolute atomic E-state index is 11.7. The van der Waals surface area contributed by atoms with E-state index in [1.165, 1.54) is 7.11 Å². The monoisotopic (exact) mass is 238 g/mol. The number of hydrogen-bond donors (Lipinski definition) is 0. The minimum atomic E-state index is -0.167. The van der Waals surface area contributed by atoms with Crippen LogP contribution in [0.15, 0.2) is 11.8 Å². The summed E-state index contributed by atoms with van der Waals surface area (Å²) in [5.74, 6) is 0.989. The van der Waals surface area contributed by atoms with Gasteiger partial charge in [0.2, 0.25) is 0 Å². The van der Waals surface area contributed by atoms with Crippen molar-refractivity contribution in [3.8, 4) is 0 Å². The van der Waals surface area contributed by atoms with E-state index in [0.717, 1.165) is 18.6 Å². The zero-order valence-corrected chi connectivity index (χ0v) is 10.3. The van der Waals surface area contributed by atoms with Crippen LogP contribution in [0.5, 0.6) is 0 Å². The van der Waals surface area contributed by atoms with Crippen molar-refractivity contribution in [1.82, 2.24) is 0 Å². The van der Waals surface area contributed by atoms with Gasteiger partial charge in [-0.1, -0.05) is 6.92 Å². The van der Waals surface area contributed by atoms with E-state index in [1.54, 1.807) is 6.08 Å². The second kappa shape index (κ2) is 4.90. The molecule has 3 unspecified atom stereocenters. The van der Waals surface area contributed by atoms with Crippen LogP contribution < -0.4 is 0 Å². The number of carbonyl (C=O) groups is 2. The van der Waals surface area contributed by atoms with E-state index in [2.05, 4.69) is 0 Å². The molecule has 1 heterocycles. The van der Waals surface area contributed by atoms with Crippen molar-refractivity contribution in [3.05, 3.63) is 11.8 Å². The van der Waals surface area contributed by atoms with Crippen LogP contribution in [0.2, 0.25) is 0 Å². The summed E-state index contributed by atoms with van der Waals surface area (Å²) in [4.78, 5) is 23.0. The molecule has 1 saturated heterocycles. The van der Waals surface area contributed by atoms with Gasteiger partial charge in [0.25, 0.3) is 0 Å². The first kappa shape index (κ1) is 12.1. The Bertz CT molecular complexity index is 358. The first-order chi connectivity index (χ1) is 8.17. The smallest absolute Gasteiger partial charge is 0.309 e. The lowest BCUT2D eigenvalue weighted by Gasteiger charge is -2.24. The number of ether oxygens (including phenoxy) is 2. The molecule has 2 rings (SSSR count). The largest absolute Gasteiger partial charge is 0.497 e. The molecule has 1 fully saturated rings. The first-order valence-corrected chi connectivity index (χ1v) is 6.12. The van der Waals surface area contributed by atoms with Crippen molar-refractivity contribution in [3.63, 3.8) is 0 Å². The highest BCUT2D eigenvalue weighted by atomic mass is 16.5. The topological polar surface area (TPSA) is 52.6 Å². The number of esters is 1. The SMILES string of the molecule is CCC(C(=O)OC)C1COC2=CC(=O)CCC21. The molecule has 0 amide bonds. The predicted octanol–water partition coefficient (Wildman–Crippen LogP) is 1.70. The van der Waals surface area contributed by atoms with E-state index in [4.69, 9.17) is 9.47 Å². The average molecular weight is 238 g/mol. The molecule has 94 valence electrons. The summed E-state index contributed by atoms with van der Waals surface area (Å²) in [6, 6.07) is 0. The Hall–Kier alpha value is -1.32. The molecule has 1 aliphatic carbocycles. The number of rotatable bonds is 3. The van der Waals surface area contributed by atoms with Gasteiger partial charge in [0, 0.05) is 24.3 Å². The third-order valence-corrected chi connectivity index (χ3v) is 3.79. The molecule has 0 radical (unpaired) electrons. The normalized spacial score (nSPS) is 29.1. The molecule has 4 heteroatoms. The lowest BCUT2D eigenvalue weighted by Crippen LogP contribution is -2.30. The lowest BCUT2D eigenvalue weighted by atomic mass is 9.77. The van der Waals surface area contributed by atoms with Crippen LogP contribution in [-0.4, -0.2) is 25.5 Å². The Morgan fingerprint density at radius 1 is 1.65 bits per heavy atom. The summed E-state index contributed by atoms with van der Waals surface area (Å²) >= 11 is 0. The summed E-state index contributed by atoms with van der Waals surface area (Å²) in [6.45, 7) is 2.51. The molecule has 4 nitrogen and oxygen atoms in total. The minimum Gasteiger partial charge on any atom is -0.497 e. The molecule has 0 aromatic carbocycles. The van der Waals surface area contributed by atoms with E-state index in [1.807, 2.05) is 6.92 Å². The third-order valence-electron chi connectivity index (χ3n) is 3.79. The van der Waals surface area contributed by atoms with E-state index in [-0.39, 0.29) is 29.5 Å². The highest BCUT2D eigenvalue weighted by Crippen LogP contribution is 2.41. The van der Waals surface area contributed by atoms with Crippen LogP contribution in [0.1, 0.15) is 26.2 Å². The van der Waals surface area contributed by atoms with Gasteiger partial charge in [-0.05, 0) is 12.8 Å². The molecule has 17 heavy (non-hydrogen) atoms. The van der Waals surface area contributed by atoms with Crippen LogP contribution >= 0.6 is 0 Å². The van der Waals surface area contributed by atoms with Gasteiger partial charge in [-0.3, -0.25) is 9.59 Å². The maximum atomic E-state index is 11.7. The van der Waals surface area contributed by atoms with Crippen molar-refractivity contribution >= 4 is 11.8 Å². The number of carbonyl (C=O) groups excluding carboxylic acids is 2. The minimum absolute atomic E-state index is 0.121. The zero-order chi connectivity index (χ0) is 12.4. The summed E-state index contributed by atoms with van der Waals surface area (Å²) < 4.78 is 10.4. The Morgan fingerprint density at radius 2 is 2.41 bits per heavy atom. The molecule has 2 aliphatic rings. The highest BCUT2D eigenvalue weighted by molar-refractivity contribution is 5.91. The lowest BCUT2D eigenvalue weighted by molar-refractivity contribution is -0.148. The van der Waals surface area contributed by atoms with Crippen molar-refractivity contribution in [2.24, 2.45) is 17.8 Å². The van der Waals surface area contributed by atoms with Gasteiger partial charge in [0.05, 0.1) is 19.6 Å². The van der Waals surface area contributed by atoms with Crippen LogP contribution in [-0.2, 0) is 19.1 Å². The average Bonchev–Trinajstić information content (AvgIpc) is 2.73. The second-order valence-corrected chi connectivity index (χ2v) is 4.67. The molecular weight excluding hydrogens is 220 g/mol. The van der Waals surface area contributed by atoms with Crippen molar-refractivity contribution in [1.29, 1.82) is 0 Å². The number of ketones is 1. The molecule has 0 saturated carbocycles. The van der Waals surface area contributed by atoms with Gasteiger partial charge in [-0.15, -0.1) is 0 Å². The summed E-state index contributed by atoms with van der Waals surface area (Å²) in [6.07, 6.45) is 3.70. The van der Waals surface area contributed by atoms with Crippen LogP contribution in [0, 0.1) is 17.8 Å². The Kier molecular flexibility index (Phi) is 3.50. The summed E-state index contributed by atoms with van der Waals surface area (Å²) in [7, 11) is 1.42. The Labute approximate surface area is 101 Å². The first-order valence-electron chi connectivity index (χ1n) is 6.12. The predicted molar refractivity (Wildman–Crippen MR) is 61.1 cm³/mol. The van der Waals surface area contributed by atoms with Gasteiger partial charge < -0.3 is 9.47 Å². The van der Waals surface area contributed by atoms with E-state index in [9.17, 15) is 9.59 Å². The molecule has 0 aromatic rings. The number of allylic oxidation sites excluding steroid dienone is 2. The van der Waals surface area contributed by atoms with Crippen molar-refractivity contribution in [2.75, 3.05) is 13.7 Å². The van der Waals surface area contributed by atoms with E-state index < -0.39 is 0 Å². The van der Waals surface area contributed by atoms with Gasteiger partial charge in [0.1, 0.15) is 5.76 Å². The Morgan fingerprint density at radius 3 is 3.06 bits per heavy atom. The number of hydrogen-bond acceptors (Lipinski definition) is 4. The highest BCUT2D eigenvalue weighted by Gasteiger charge is 2.42. The van der Waals surface area contributed by atoms with Gasteiger partial charge in [-0.2, -0.15) is 0 Å². The summed E-state index contributed by atoms with van der Waals surface area (Å²) in [5, 5.41) is 0. The molecule has 0 aromatic heterocycles. The number of methoxy groups -OCH3 is 1. The van der Waals surface area contributed by atoms with E-state index >= 15 is 0 Å². The Balaban J connectivity index is 2.15. The standard InChI is InChI=1S/C13H18O4/c1-3-9(13(15)16-2)11-7-17-12-6-8(14)4-5-10(11)12/h6,9-11H,3-5,7H2,1-2H3. The molecule has 0 N–H and O–H groups in total. The van der Waals surface area contributed by atoms with E-state index in [0.29, 0.717) is 13.0 Å². The zero-order valence-electron chi connectivity index (χ0n) is 10.3. The second-order valence-electron chi connectivity index (χ2n) is 4.67. The molecule has 1 aliphatic heterocycles. The van der Waals surface area contributed by atoms with Gasteiger partial charge in [-0.25, -0.2) is 0 Å². The molecule has 3 atom stereocenters. The molecule has 0 spiro atoms. The third kappa shape index (κ3) is 2.21. The van der Waals surface area contributed by atoms with Crippen molar-refractivity contribution < 1.29 is 19.1 Å². The summed E-state index contributed by atoms with van der Waals surface area (Å²) in [5.41, 5.74) is 0. The van der Waals surface area contributed by atoms with Crippen molar-refractivity contribution in [2.45, 2.75) is 26.2 Å². The quantitative estimate of drug-likeness (QED) is 0.702. The van der Waals surface area contributed by atoms with Crippen LogP contribution in [0.4, 0.5) is 0 Å². The number of fused-ring (bicyclic) bond motifs is 1.